The highest BCUT2D eigenvalue weighted by Gasteiger charge is 2.25. The molecule has 20 heavy (non-hydrogen) atoms. The number of likely N-dealkylation sites (N-methyl/N-ethyl adjacent to an activating group) is 1. The number of nitrogens with zero attached hydrogens (tertiary/aromatic N) is 2. The molecule has 1 atom stereocenters. The smallest absolute Gasteiger partial charge is 0.221 e. The maximum absolute atomic E-state index is 11.8. The number of para-hydroxylation sites is 1. The summed E-state index contributed by atoms with van der Waals surface area (Å²) in [4.78, 5) is 16.3. The SMILES string of the molecule is CCC(=O)NC(CN(C)C)N1CCCc2ccccc21. The Bertz CT molecular complexity index is 459. The first kappa shape index (κ1) is 14.9. The lowest BCUT2D eigenvalue weighted by Gasteiger charge is -2.39. The first-order chi connectivity index (χ1) is 9.61. The van der Waals surface area contributed by atoms with Crippen molar-refractivity contribution in [1.82, 2.24) is 10.2 Å². The number of hydrogen-bond acceptors (Lipinski definition) is 3. The zero-order valence-electron chi connectivity index (χ0n) is 12.7. The van der Waals surface area contributed by atoms with E-state index in [4.69, 9.17) is 0 Å². The maximum atomic E-state index is 11.8. The Morgan fingerprint density at radius 3 is 2.85 bits per heavy atom. The molecule has 110 valence electrons. The van der Waals surface area contributed by atoms with Crippen LogP contribution in [-0.2, 0) is 11.2 Å². The Kier molecular flexibility index (Phi) is 5.01. The third-order valence-corrected chi connectivity index (χ3v) is 3.71. The molecule has 0 saturated heterocycles. The zero-order chi connectivity index (χ0) is 14.5. The summed E-state index contributed by atoms with van der Waals surface area (Å²) in [5, 5.41) is 3.15. The summed E-state index contributed by atoms with van der Waals surface area (Å²) in [6, 6.07) is 8.52. The van der Waals surface area contributed by atoms with Gasteiger partial charge in [-0.15, -0.1) is 0 Å². The van der Waals surface area contributed by atoms with Gasteiger partial charge in [-0.1, -0.05) is 25.1 Å². The third-order valence-electron chi connectivity index (χ3n) is 3.71. The predicted octanol–water partition coefficient (Wildman–Crippen LogP) is 1.85. The van der Waals surface area contributed by atoms with Gasteiger partial charge < -0.3 is 15.1 Å². The Labute approximate surface area is 121 Å². The van der Waals surface area contributed by atoms with Crippen molar-refractivity contribution in [1.29, 1.82) is 0 Å². The topological polar surface area (TPSA) is 35.6 Å². The number of anilines is 1. The minimum absolute atomic E-state index is 0.0406. The van der Waals surface area contributed by atoms with Gasteiger partial charge in [-0.2, -0.15) is 0 Å². The number of carbonyl (C=O) groups is 1. The molecule has 1 aromatic carbocycles. The number of benzene rings is 1. The molecule has 1 aliphatic rings. The van der Waals surface area contributed by atoms with Crippen LogP contribution in [0.4, 0.5) is 5.69 Å². The lowest BCUT2D eigenvalue weighted by molar-refractivity contribution is -0.121. The van der Waals surface area contributed by atoms with Crippen LogP contribution in [0, 0.1) is 0 Å². The zero-order valence-corrected chi connectivity index (χ0v) is 12.7. The molecule has 0 radical (unpaired) electrons. The molecular formula is C16H25N3O. The molecule has 0 aliphatic carbocycles. The summed E-state index contributed by atoms with van der Waals surface area (Å²) in [6.07, 6.45) is 2.84. The molecule has 1 aliphatic heterocycles. The molecule has 4 heteroatoms. The van der Waals surface area contributed by atoms with Gasteiger partial charge >= 0.3 is 0 Å². The van der Waals surface area contributed by atoms with Crippen LogP contribution < -0.4 is 10.2 Å². The van der Waals surface area contributed by atoms with Crippen LogP contribution in [0.3, 0.4) is 0 Å². The Morgan fingerprint density at radius 2 is 2.15 bits per heavy atom. The first-order valence-electron chi connectivity index (χ1n) is 7.40. The summed E-state index contributed by atoms with van der Waals surface area (Å²) < 4.78 is 0. The van der Waals surface area contributed by atoms with Gasteiger partial charge in [-0.05, 0) is 38.6 Å². The second-order valence-electron chi connectivity index (χ2n) is 5.62. The second kappa shape index (κ2) is 6.75. The predicted molar refractivity (Wildman–Crippen MR) is 82.9 cm³/mol. The molecule has 0 fully saturated rings. The van der Waals surface area contributed by atoms with E-state index in [1.807, 2.05) is 21.0 Å². The molecule has 1 aromatic rings. The molecule has 0 bridgehead atoms. The summed E-state index contributed by atoms with van der Waals surface area (Å²) in [6.45, 7) is 3.71. The molecule has 0 saturated carbocycles. The quantitative estimate of drug-likeness (QED) is 0.891. The van der Waals surface area contributed by atoms with Gasteiger partial charge in [-0.3, -0.25) is 4.79 Å². The van der Waals surface area contributed by atoms with E-state index in [0.29, 0.717) is 6.42 Å². The highest BCUT2D eigenvalue weighted by molar-refractivity contribution is 5.76. The standard InChI is InChI=1S/C16H25N3O/c1-4-16(20)17-15(12-18(2)3)19-11-7-9-13-8-5-6-10-14(13)19/h5-6,8,10,15H,4,7,9,11-12H2,1-3H3,(H,17,20). The van der Waals surface area contributed by atoms with Crippen molar-refractivity contribution in [2.24, 2.45) is 0 Å². The van der Waals surface area contributed by atoms with E-state index >= 15 is 0 Å². The fourth-order valence-electron chi connectivity index (χ4n) is 2.74. The number of carbonyl (C=O) groups excluding carboxylic acids is 1. The van der Waals surface area contributed by atoms with E-state index in [2.05, 4.69) is 39.4 Å². The van der Waals surface area contributed by atoms with Crippen LogP contribution >= 0.6 is 0 Å². The molecule has 1 N–H and O–H groups in total. The molecule has 0 spiro atoms. The minimum Gasteiger partial charge on any atom is -0.350 e. The van der Waals surface area contributed by atoms with Gasteiger partial charge in [0.1, 0.15) is 6.17 Å². The van der Waals surface area contributed by atoms with Crippen LogP contribution in [0.2, 0.25) is 0 Å². The average molecular weight is 275 g/mol. The number of aryl methyl sites for hydroxylation is 1. The second-order valence-corrected chi connectivity index (χ2v) is 5.62. The van der Waals surface area contributed by atoms with E-state index in [1.165, 1.54) is 11.3 Å². The third kappa shape index (κ3) is 3.51. The fraction of sp³-hybridized carbons (Fsp3) is 0.562. The van der Waals surface area contributed by atoms with Crippen molar-refractivity contribution in [2.45, 2.75) is 32.4 Å². The highest BCUT2D eigenvalue weighted by Crippen LogP contribution is 2.28. The maximum Gasteiger partial charge on any atom is 0.221 e. The summed E-state index contributed by atoms with van der Waals surface area (Å²) in [7, 11) is 4.09. The summed E-state index contributed by atoms with van der Waals surface area (Å²) in [5.74, 6) is 0.111. The molecule has 4 nitrogen and oxygen atoms in total. The highest BCUT2D eigenvalue weighted by atomic mass is 16.1. The lowest BCUT2D eigenvalue weighted by Crippen LogP contribution is -2.54. The van der Waals surface area contributed by atoms with Crippen LogP contribution in [0.25, 0.3) is 0 Å². The number of hydrogen-bond donors (Lipinski definition) is 1. The van der Waals surface area contributed by atoms with E-state index in [9.17, 15) is 4.79 Å². The van der Waals surface area contributed by atoms with E-state index in [-0.39, 0.29) is 12.1 Å². The fourth-order valence-corrected chi connectivity index (χ4v) is 2.74. The van der Waals surface area contributed by atoms with E-state index in [1.54, 1.807) is 0 Å². The summed E-state index contributed by atoms with van der Waals surface area (Å²) >= 11 is 0. The van der Waals surface area contributed by atoms with Gasteiger partial charge in [0.25, 0.3) is 0 Å². The van der Waals surface area contributed by atoms with Gasteiger partial charge in [0, 0.05) is 25.2 Å². The molecule has 1 heterocycles. The van der Waals surface area contributed by atoms with Gasteiger partial charge in [-0.25, -0.2) is 0 Å². The number of amides is 1. The van der Waals surface area contributed by atoms with Crippen molar-refractivity contribution in [3.63, 3.8) is 0 Å². The van der Waals surface area contributed by atoms with Crippen molar-refractivity contribution in [3.05, 3.63) is 29.8 Å². The molecular weight excluding hydrogens is 250 g/mol. The van der Waals surface area contributed by atoms with Crippen LogP contribution in [0.15, 0.2) is 24.3 Å². The van der Waals surface area contributed by atoms with Gasteiger partial charge in [0.15, 0.2) is 0 Å². The average Bonchev–Trinajstić information content (AvgIpc) is 2.45. The van der Waals surface area contributed by atoms with Gasteiger partial charge in [0.05, 0.1) is 0 Å². The molecule has 2 rings (SSSR count). The van der Waals surface area contributed by atoms with Gasteiger partial charge in [0.2, 0.25) is 5.91 Å². The Morgan fingerprint density at radius 1 is 1.40 bits per heavy atom. The van der Waals surface area contributed by atoms with E-state index in [0.717, 1.165) is 25.9 Å². The monoisotopic (exact) mass is 275 g/mol. The Hall–Kier alpha value is -1.55. The largest absolute Gasteiger partial charge is 0.350 e. The van der Waals surface area contributed by atoms with E-state index < -0.39 is 0 Å². The minimum atomic E-state index is 0.0406. The van der Waals surface area contributed by atoms with Crippen molar-refractivity contribution in [3.8, 4) is 0 Å². The number of fused-ring (bicyclic) bond motifs is 1. The molecule has 1 amide bonds. The van der Waals surface area contributed by atoms with Crippen LogP contribution in [0.1, 0.15) is 25.3 Å². The Balaban J connectivity index is 2.22. The normalized spacial score (nSPS) is 15.9. The number of nitrogens with one attached hydrogen (secondary N) is 1. The first-order valence-corrected chi connectivity index (χ1v) is 7.40. The van der Waals surface area contributed by atoms with Crippen molar-refractivity contribution >= 4 is 11.6 Å². The number of rotatable bonds is 5. The molecule has 1 unspecified atom stereocenters. The summed E-state index contributed by atoms with van der Waals surface area (Å²) in [5.41, 5.74) is 2.65. The van der Waals surface area contributed by atoms with Crippen LogP contribution in [0.5, 0.6) is 0 Å². The van der Waals surface area contributed by atoms with Crippen molar-refractivity contribution in [2.75, 3.05) is 32.1 Å². The van der Waals surface area contributed by atoms with Crippen molar-refractivity contribution < 1.29 is 4.79 Å². The lowest BCUT2D eigenvalue weighted by atomic mass is 10.0. The van der Waals surface area contributed by atoms with Crippen LogP contribution in [-0.4, -0.2) is 44.2 Å². The molecule has 0 aromatic heterocycles.